The maximum absolute atomic E-state index is 12.0. The monoisotopic (exact) mass is 331 g/mol. The molecule has 1 saturated carbocycles. The molecule has 23 heavy (non-hydrogen) atoms. The quantitative estimate of drug-likeness (QED) is 0.801. The molecule has 2 amide bonds. The number of hydrogen-bond acceptors (Lipinski definition) is 4. The fourth-order valence-electron chi connectivity index (χ4n) is 2.90. The highest BCUT2D eigenvalue weighted by Gasteiger charge is 2.29. The number of urea groups is 1. The van der Waals surface area contributed by atoms with Crippen LogP contribution in [0.5, 0.6) is 0 Å². The van der Waals surface area contributed by atoms with Gasteiger partial charge in [-0.15, -0.1) is 11.3 Å². The van der Waals surface area contributed by atoms with Gasteiger partial charge in [-0.3, -0.25) is 0 Å². The summed E-state index contributed by atoms with van der Waals surface area (Å²) in [6.45, 7) is 0.297. The molecule has 6 heteroatoms. The number of carbonyl (C=O) groups is 1. The van der Waals surface area contributed by atoms with Crippen molar-refractivity contribution in [1.82, 2.24) is 10.3 Å². The lowest BCUT2D eigenvalue weighted by atomic mass is 9.85. The Morgan fingerprint density at radius 1 is 1.30 bits per heavy atom. The third kappa shape index (κ3) is 4.30. The topological polar surface area (TPSA) is 74.2 Å². The van der Waals surface area contributed by atoms with E-state index >= 15 is 0 Å². The number of benzene rings is 1. The fourth-order valence-corrected chi connectivity index (χ4v) is 3.54. The van der Waals surface area contributed by atoms with Crippen molar-refractivity contribution < 1.29 is 9.90 Å². The lowest BCUT2D eigenvalue weighted by Gasteiger charge is -2.32. The van der Waals surface area contributed by atoms with Crippen LogP contribution in [0.1, 0.15) is 32.1 Å². The Morgan fingerprint density at radius 3 is 2.87 bits per heavy atom. The number of anilines is 1. The van der Waals surface area contributed by atoms with Gasteiger partial charge in [0.25, 0.3) is 0 Å². The number of aromatic nitrogens is 1. The molecule has 122 valence electrons. The SMILES string of the molecule is O=C(NCC1(O)CCCCC1)Nc1cccc(-c2nccs2)c1. The van der Waals surface area contributed by atoms with E-state index < -0.39 is 5.60 Å². The van der Waals surface area contributed by atoms with Crippen molar-refractivity contribution in [2.24, 2.45) is 0 Å². The van der Waals surface area contributed by atoms with Gasteiger partial charge < -0.3 is 15.7 Å². The Balaban J connectivity index is 1.56. The molecule has 0 radical (unpaired) electrons. The Hall–Kier alpha value is -1.92. The second-order valence-electron chi connectivity index (χ2n) is 6.01. The average Bonchev–Trinajstić information content (AvgIpc) is 3.09. The number of aliphatic hydroxyl groups is 1. The van der Waals surface area contributed by atoms with E-state index in [0.717, 1.165) is 42.7 Å². The summed E-state index contributed by atoms with van der Waals surface area (Å²) in [7, 11) is 0. The fraction of sp³-hybridized carbons (Fsp3) is 0.412. The molecule has 3 N–H and O–H groups in total. The van der Waals surface area contributed by atoms with Gasteiger partial charge in [0, 0.05) is 29.4 Å². The predicted molar refractivity (Wildman–Crippen MR) is 92.6 cm³/mol. The third-order valence-corrected chi connectivity index (χ3v) is 4.98. The molecule has 2 aromatic rings. The van der Waals surface area contributed by atoms with Crippen LogP contribution in [0.25, 0.3) is 10.6 Å². The zero-order valence-electron chi connectivity index (χ0n) is 12.9. The normalized spacial score (nSPS) is 16.7. The van der Waals surface area contributed by atoms with Gasteiger partial charge in [0.05, 0.1) is 5.60 Å². The number of amides is 2. The van der Waals surface area contributed by atoms with E-state index in [1.54, 1.807) is 17.5 Å². The van der Waals surface area contributed by atoms with Gasteiger partial charge in [-0.2, -0.15) is 0 Å². The second-order valence-corrected chi connectivity index (χ2v) is 6.91. The van der Waals surface area contributed by atoms with Crippen molar-refractivity contribution in [1.29, 1.82) is 0 Å². The Morgan fingerprint density at radius 2 is 2.13 bits per heavy atom. The minimum absolute atomic E-state index is 0.291. The van der Waals surface area contributed by atoms with Crippen molar-refractivity contribution in [2.45, 2.75) is 37.7 Å². The summed E-state index contributed by atoms with van der Waals surface area (Å²) in [6.07, 6.45) is 6.49. The minimum atomic E-state index is -0.752. The van der Waals surface area contributed by atoms with E-state index in [1.165, 1.54) is 0 Å². The molecule has 1 fully saturated rings. The molecule has 0 unspecified atom stereocenters. The van der Waals surface area contributed by atoms with Gasteiger partial charge in [-0.25, -0.2) is 9.78 Å². The molecule has 0 aliphatic heterocycles. The van der Waals surface area contributed by atoms with Gasteiger partial charge in [-0.1, -0.05) is 31.4 Å². The first-order valence-corrected chi connectivity index (χ1v) is 8.80. The molecule has 1 heterocycles. The van der Waals surface area contributed by atoms with Crippen LogP contribution in [0, 0.1) is 0 Å². The smallest absolute Gasteiger partial charge is 0.319 e. The second kappa shape index (κ2) is 7.10. The first-order chi connectivity index (χ1) is 11.1. The molecule has 3 rings (SSSR count). The first-order valence-electron chi connectivity index (χ1n) is 7.92. The van der Waals surface area contributed by atoms with Crippen molar-refractivity contribution >= 4 is 23.1 Å². The number of carbonyl (C=O) groups excluding carboxylic acids is 1. The van der Waals surface area contributed by atoms with Crippen molar-refractivity contribution in [2.75, 3.05) is 11.9 Å². The molecule has 1 aliphatic carbocycles. The summed E-state index contributed by atoms with van der Waals surface area (Å²) in [4.78, 5) is 16.3. The van der Waals surface area contributed by atoms with Crippen LogP contribution < -0.4 is 10.6 Å². The van der Waals surface area contributed by atoms with Crippen molar-refractivity contribution in [3.05, 3.63) is 35.8 Å². The maximum Gasteiger partial charge on any atom is 0.319 e. The lowest BCUT2D eigenvalue weighted by molar-refractivity contribution is 0.00755. The molecule has 1 aliphatic rings. The summed E-state index contributed by atoms with van der Waals surface area (Å²) in [6, 6.07) is 7.30. The maximum atomic E-state index is 12.0. The van der Waals surface area contributed by atoms with Crippen molar-refractivity contribution in [3.63, 3.8) is 0 Å². The first kappa shape index (κ1) is 16.0. The molecule has 1 aromatic heterocycles. The van der Waals surface area contributed by atoms with Crippen LogP contribution in [0.15, 0.2) is 35.8 Å². The Bertz CT molecular complexity index is 652. The van der Waals surface area contributed by atoms with Crippen LogP contribution in [-0.2, 0) is 0 Å². The number of nitrogens with zero attached hydrogens (tertiary/aromatic N) is 1. The van der Waals surface area contributed by atoms with Crippen LogP contribution in [0.2, 0.25) is 0 Å². The van der Waals surface area contributed by atoms with E-state index in [0.29, 0.717) is 12.2 Å². The molecule has 0 bridgehead atoms. The summed E-state index contributed by atoms with van der Waals surface area (Å²) < 4.78 is 0. The minimum Gasteiger partial charge on any atom is -0.388 e. The summed E-state index contributed by atoms with van der Waals surface area (Å²) in [5.74, 6) is 0. The van der Waals surface area contributed by atoms with Crippen molar-refractivity contribution in [3.8, 4) is 10.6 Å². The Kier molecular flexibility index (Phi) is 4.93. The standard InChI is InChI=1S/C17H21N3O2S/c21-16(19-12-17(22)7-2-1-3-8-17)20-14-6-4-5-13(11-14)15-18-9-10-23-15/h4-6,9-11,22H,1-3,7-8,12H2,(H2,19,20,21). The van der Waals surface area contributed by atoms with Crippen LogP contribution >= 0.6 is 11.3 Å². The number of nitrogens with one attached hydrogen (secondary N) is 2. The zero-order chi connectivity index (χ0) is 16.1. The zero-order valence-corrected chi connectivity index (χ0v) is 13.7. The van der Waals surface area contributed by atoms with E-state index in [4.69, 9.17) is 0 Å². The highest BCUT2D eigenvalue weighted by atomic mass is 32.1. The lowest BCUT2D eigenvalue weighted by Crippen LogP contribution is -2.45. The summed E-state index contributed by atoms with van der Waals surface area (Å²) in [5, 5.41) is 18.9. The van der Waals surface area contributed by atoms with Gasteiger partial charge in [0.15, 0.2) is 0 Å². The summed E-state index contributed by atoms with van der Waals surface area (Å²) >= 11 is 1.56. The predicted octanol–water partition coefficient (Wildman–Crippen LogP) is 3.63. The molecule has 0 spiro atoms. The average molecular weight is 331 g/mol. The van der Waals surface area contributed by atoms with E-state index in [-0.39, 0.29) is 6.03 Å². The largest absolute Gasteiger partial charge is 0.388 e. The van der Waals surface area contributed by atoms with E-state index in [1.807, 2.05) is 29.6 Å². The van der Waals surface area contributed by atoms with E-state index in [9.17, 15) is 9.90 Å². The van der Waals surface area contributed by atoms with Gasteiger partial charge in [0.1, 0.15) is 5.01 Å². The van der Waals surface area contributed by atoms with Crippen LogP contribution in [0.3, 0.4) is 0 Å². The van der Waals surface area contributed by atoms with Crippen LogP contribution in [0.4, 0.5) is 10.5 Å². The molecule has 5 nitrogen and oxygen atoms in total. The van der Waals surface area contributed by atoms with Gasteiger partial charge in [-0.05, 0) is 25.0 Å². The molecule has 0 atom stereocenters. The Labute approximate surface area is 139 Å². The van der Waals surface area contributed by atoms with Gasteiger partial charge in [0.2, 0.25) is 0 Å². The van der Waals surface area contributed by atoms with Crippen LogP contribution in [-0.4, -0.2) is 28.3 Å². The number of hydrogen-bond donors (Lipinski definition) is 3. The molecular formula is C17H21N3O2S. The highest BCUT2D eigenvalue weighted by Crippen LogP contribution is 2.27. The number of thiazole rings is 1. The molecule has 0 saturated heterocycles. The highest BCUT2D eigenvalue weighted by molar-refractivity contribution is 7.13. The van der Waals surface area contributed by atoms with E-state index in [2.05, 4.69) is 15.6 Å². The molecule has 1 aromatic carbocycles. The molecular weight excluding hydrogens is 310 g/mol. The third-order valence-electron chi connectivity index (χ3n) is 4.16. The summed E-state index contributed by atoms with van der Waals surface area (Å²) in [5.41, 5.74) is 0.938. The van der Waals surface area contributed by atoms with Gasteiger partial charge >= 0.3 is 6.03 Å². The number of rotatable bonds is 4.